The molecule has 168 valence electrons. The molecule has 2 heterocycles. The van der Waals surface area contributed by atoms with Crippen molar-refractivity contribution in [3.63, 3.8) is 0 Å². The number of rotatable bonds is 4. The highest BCUT2D eigenvalue weighted by Gasteiger charge is 2.34. The molecule has 1 aliphatic rings. The molecule has 2 amide bonds. The molecule has 1 unspecified atom stereocenters. The van der Waals surface area contributed by atoms with Crippen LogP contribution >= 0.6 is 12.4 Å². The van der Waals surface area contributed by atoms with Crippen LogP contribution in [0.3, 0.4) is 0 Å². The van der Waals surface area contributed by atoms with E-state index in [0.29, 0.717) is 33.9 Å². The van der Waals surface area contributed by atoms with Crippen molar-refractivity contribution in [2.45, 2.75) is 12.3 Å². The van der Waals surface area contributed by atoms with E-state index in [9.17, 15) is 23.9 Å². The number of H-pyrrole nitrogens is 1. The number of urea groups is 1. The molecule has 4 aromatic rings. The summed E-state index contributed by atoms with van der Waals surface area (Å²) in [5.74, 6) is -2.04. The van der Waals surface area contributed by atoms with E-state index in [4.69, 9.17) is 0 Å². The van der Waals surface area contributed by atoms with Gasteiger partial charge < -0.3 is 20.7 Å². The average molecular weight is 470 g/mol. The smallest absolute Gasteiger partial charge is 0.323 e. The van der Waals surface area contributed by atoms with E-state index in [0.717, 1.165) is 0 Å². The lowest BCUT2D eigenvalue weighted by Crippen LogP contribution is -2.19. The number of nitrogens with one attached hydrogen (secondary N) is 3. The van der Waals surface area contributed by atoms with Gasteiger partial charge in [-0.25, -0.2) is 14.2 Å². The van der Waals surface area contributed by atoms with E-state index in [1.807, 2.05) is 0 Å². The molecule has 0 bridgehead atoms. The molecule has 1 aliphatic carbocycles. The zero-order valence-electron chi connectivity index (χ0n) is 16.8. The van der Waals surface area contributed by atoms with E-state index in [2.05, 4.69) is 20.6 Å². The van der Waals surface area contributed by atoms with Crippen LogP contribution < -0.4 is 16.2 Å². The lowest BCUT2D eigenvalue weighted by atomic mass is 9.96. The number of hydrogen-bond donors (Lipinski definition) is 4. The molecule has 1 atom stereocenters. The molecule has 2 aromatic heterocycles. The van der Waals surface area contributed by atoms with Gasteiger partial charge in [0, 0.05) is 35.2 Å². The Bertz CT molecular complexity index is 1460. The van der Waals surface area contributed by atoms with E-state index < -0.39 is 23.7 Å². The van der Waals surface area contributed by atoms with Crippen molar-refractivity contribution < 1.29 is 19.1 Å². The molecule has 33 heavy (non-hydrogen) atoms. The van der Waals surface area contributed by atoms with E-state index in [1.165, 1.54) is 24.4 Å². The molecule has 2 aromatic carbocycles. The number of aliphatic carboxylic acids is 1. The van der Waals surface area contributed by atoms with Crippen molar-refractivity contribution in [2.75, 3.05) is 10.6 Å². The number of carbonyl (C=O) groups is 2. The zero-order chi connectivity index (χ0) is 22.4. The fourth-order valence-corrected chi connectivity index (χ4v) is 4.11. The number of nitrogens with zero attached hydrogens (tertiary/aromatic N) is 2. The Hall–Kier alpha value is -4.18. The van der Waals surface area contributed by atoms with Crippen molar-refractivity contribution in [1.82, 2.24) is 14.4 Å². The van der Waals surface area contributed by atoms with Crippen LogP contribution in [0.2, 0.25) is 0 Å². The van der Waals surface area contributed by atoms with Gasteiger partial charge in [-0.1, -0.05) is 12.1 Å². The Morgan fingerprint density at radius 3 is 2.64 bits per heavy atom. The predicted octanol–water partition coefficient (Wildman–Crippen LogP) is 3.81. The number of aromatic nitrogens is 3. The lowest BCUT2D eigenvalue weighted by Gasteiger charge is -2.14. The topological polar surface area (TPSA) is 129 Å². The number of carboxylic acid groups (broad SMARTS) is 1. The number of benzene rings is 2. The summed E-state index contributed by atoms with van der Waals surface area (Å²) >= 11 is 0. The Kier molecular flexibility index (Phi) is 5.60. The number of anilines is 2. The first-order valence-corrected chi connectivity index (χ1v) is 9.69. The molecule has 0 saturated carbocycles. The van der Waals surface area contributed by atoms with E-state index >= 15 is 0 Å². The molecule has 0 radical (unpaired) electrons. The highest BCUT2D eigenvalue weighted by atomic mass is 35.5. The van der Waals surface area contributed by atoms with Crippen LogP contribution in [-0.2, 0) is 4.79 Å². The van der Waals surface area contributed by atoms with Gasteiger partial charge in [-0.15, -0.1) is 12.4 Å². The number of carboxylic acids is 1. The van der Waals surface area contributed by atoms with Gasteiger partial charge in [0.25, 0.3) is 5.56 Å². The van der Waals surface area contributed by atoms with Crippen molar-refractivity contribution in [2.24, 2.45) is 0 Å². The number of hydrogen-bond acceptors (Lipinski definition) is 4. The summed E-state index contributed by atoms with van der Waals surface area (Å²) < 4.78 is 14.9. The van der Waals surface area contributed by atoms with Crippen LogP contribution in [-0.4, -0.2) is 31.5 Å². The van der Waals surface area contributed by atoms with Gasteiger partial charge in [-0.05, 0) is 35.9 Å². The quantitative estimate of drug-likeness (QED) is 0.361. The predicted molar refractivity (Wildman–Crippen MR) is 122 cm³/mol. The third-order valence-electron chi connectivity index (χ3n) is 5.34. The van der Waals surface area contributed by atoms with Crippen molar-refractivity contribution >= 4 is 41.4 Å². The van der Waals surface area contributed by atoms with Crippen LogP contribution in [0.25, 0.3) is 16.9 Å². The number of aromatic amines is 1. The number of halogens is 2. The summed E-state index contributed by atoms with van der Waals surface area (Å²) in [6.07, 6.45) is 2.89. The summed E-state index contributed by atoms with van der Waals surface area (Å²) in [4.78, 5) is 43.2. The highest BCUT2D eigenvalue weighted by Crippen LogP contribution is 2.45. The van der Waals surface area contributed by atoms with Crippen molar-refractivity contribution in [3.8, 4) is 11.3 Å². The second-order valence-electron chi connectivity index (χ2n) is 7.38. The molecule has 11 heteroatoms. The molecule has 9 nitrogen and oxygen atoms in total. The monoisotopic (exact) mass is 469 g/mol. The minimum absolute atomic E-state index is 0. The van der Waals surface area contributed by atoms with Gasteiger partial charge in [-0.3, -0.25) is 14.0 Å². The molecular weight excluding hydrogens is 453 g/mol. The van der Waals surface area contributed by atoms with E-state index in [-0.39, 0.29) is 30.0 Å². The Labute approximate surface area is 191 Å². The van der Waals surface area contributed by atoms with Crippen LogP contribution in [0.1, 0.15) is 23.6 Å². The summed E-state index contributed by atoms with van der Waals surface area (Å²) in [5.41, 5.74) is 2.99. The molecule has 0 fully saturated rings. The number of amides is 2. The molecule has 0 aliphatic heterocycles. The number of imidazole rings is 1. The minimum Gasteiger partial charge on any atom is -0.481 e. The molecule has 5 rings (SSSR count). The Morgan fingerprint density at radius 1 is 1.15 bits per heavy atom. The van der Waals surface area contributed by atoms with Crippen LogP contribution in [0, 0.1) is 5.82 Å². The third-order valence-corrected chi connectivity index (χ3v) is 5.34. The standard InChI is InChI=1S/C22H16FN5O4.ClH/c23-11-2-1-3-12(8-11)25-22(32)26-13-4-5-14-15(9-13)16(10-17(29)30)19-18(14)27-21(31)20-24-6-7-28(19)20;/h1-9,16H,10H2,(H,27,31)(H,29,30)(H2,25,26,32);1H. The number of fused-ring (bicyclic) bond motifs is 5. The zero-order valence-corrected chi connectivity index (χ0v) is 17.6. The van der Waals surface area contributed by atoms with Crippen LogP contribution in [0.4, 0.5) is 20.6 Å². The normalized spacial score (nSPS) is 13.7. The Morgan fingerprint density at radius 2 is 1.91 bits per heavy atom. The van der Waals surface area contributed by atoms with Gasteiger partial charge in [-0.2, -0.15) is 0 Å². The first kappa shape index (κ1) is 22.0. The molecule has 0 saturated heterocycles. The second-order valence-corrected chi connectivity index (χ2v) is 7.38. The van der Waals surface area contributed by atoms with Gasteiger partial charge in [0.2, 0.25) is 5.65 Å². The third kappa shape index (κ3) is 3.92. The average Bonchev–Trinajstić information content (AvgIpc) is 3.32. The summed E-state index contributed by atoms with van der Waals surface area (Å²) in [5, 5.41) is 14.7. The fourth-order valence-electron chi connectivity index (χ4n) is 4.11. The molecule has 4 N–H and O–H groups in total. The first-order valence-electron chi connectivity index (χ1n) is 9.69. The van der Waals surface area contributed by atoms with Crippen molar-refractivity contribution in [3.05, 3.63) is 82.3 Å². The first-order chi connectivity index (χ1) is 15.4. The maximum Gasteiger partial charge on any atom is 0.323 e. The lowest BCUT2D eigenvalue weighted by molar-refractivity contribution is -0.137. The van der Waals surface area contributed by atoms with Crippen LogP contribution in [0.15, 0.2) is 59.7 Å². The highest BCUT2D eigenvalue weighted by molar-refractivity contribution is 6.00. The van der Waals surface area contributed by atoms with Gasteiger partial charge in [0.05, 0.1) is 17.8 Å². The van der Waals surface area contributed by atoms with Gasteiger partial charge >= 0.3 is 12.0 Å². The second kappa shape index (κ2) is 8.40. The van der Waals surface area contributed by atoms with Crippen LogP contribution in [0.5, 0.6) is 0 Å². The van der Waals surface area contributed by atoms with E-state index in [1.54, 1.807) is 34.9 Å². The SMILES string of the molecule is Cl.O=C(O)CC1c2cc(NC(=O)Nc3cccc(F)c3)ccc2-c2[nH]c(=O)c3nccn3c21. The largest absolute Gasteiger partial charge is 0.481 e. The Balaban J connectivity index is 0.00000259. The minimum atomic E-state index is -1.00. The fraction of sp³-hybridized carbons (Fsp3) is 0.0909. The maximum atomic E-state index is 13.3. The summed E-state index contributed by atoms with van der Waals surface area (Å²) in [6.45, 7) is 0. The maximum absolute atomic E-state index is 13.3. The summed E-state index contributed by atoms with van der Waals surface area (Å²) in [6, 6.07) is 9.95. The number of carbonyl (C=O) groups excluding carboxylic acids is 1. The van der Waals surface area contributed by atoms with Crippen molar-refractivity contribution in [1.29, 1.82) is 0 Å². The molecule has 0 spiro atoms. The van der Waals surface area contributed by atoms with Gasteiger partial charge in [0.1, 0.15) is 5.82 Å². The molecular formula is C22H17ClFN5O4. The van der Waals surface area contributed by atoms with Gasteiger partial charge in [0.15, 0.2) is 0 Å². The summed E-state index contributed by atoms with van der Waals surface area (Å²) in [7, 11) is 0.